The molecule has 0 aliphatic carbocycles. The van der Waals surface area contributed by atoms with Gasteiger partial charge < -0.3 is 10.1 Å². The predicted molar refractivity (Wildman–Crippen MR) is 85.0 cm³/mol. The third kappa shape index (κ3) is 4.29. The predicted octanol–water partition coefficient (Wildman–Crippen LogP) is 3.48. The lowest BCUT2D eigenvalue weighted by Gasteiger charge is -2.03. The average molecular weight is 304 g/mol. The second-order valence-electron chi connectivity index (χ2n) is 4.88. The number of thiazole rings is 1. The van der Waals surface area contributed by atoms with Crippen molar-refractivity contribution in [2.45, 2.75) is 33.8 Å². The molecule has 2 rings (SSSR count). The van der Waals surface area contributed by atoms with Crippen LogP contribution in [0.1, 0.15) is 39.3 Å². The highest BCUT2D eigenvalue weighted by atomic mass is 32.1. The molecule has 0 saturated heterocycles. The molecule has 21 heavy (non-hydrogen) atoms. The fraction of sp³-hybridized carbons (Fsp3) is 0.375. The standard InChI is InChI=1S/C16H20N2O2S/c1-4-9-17-16(19)15-12(3)18-14(21-15)10-20-13-7-5-11(2)6-8-13/h5-8H,4,9-10H2,1-3H3,(H,17,19). The van der Waals surface area contributed by atoms with Crippen LogP contribution in [0.3, 0.4) is 0 Å². The zero-order valence-corrected chi connectivity index (χ0v) is 13.4. The zero-order chi connectivity index (χ0) is 15.2. The number of hydrogen-bond donors (Lipinski definition) is 1. The van der Waals surface area contributed by atoms with Crippen molar-refractivity contribution in [3.8, 4) is 5.75 Å². The molecule has 0 saturated carbocycles. The maximum absolute atomic E-state index is 12.0. The van der Waals surface area contributed by atoms with Gasteiger partial charge in [-0.3, -0.25) is 4.79 Å². The van der Waals surface area contributed by atoms with Crippen molar-refractivity contribution in [2.24, 2.45) is 0 Å². The number of aromatic nitrogens is 1. The van der Waals surface area contributed by atoms with Crippen LogP contribution >= 0.6 is 11.3 Å². The summed E-state index contributed by atoms with van der Waals surface area (Å²) in [5, 5.41) is 3.69. The molecule has 0 fully saturated rings. The van der Waals surface area contributed by atoms with Crippen LogP contribution in [0.2, 0.25) is 0 Å². The van der Waals surface area contributed by atoms with Crippen LogP contribution in [0, 0.1) is 13.8 Å². The SMILES string of the molecule is CCCNC(=O)c1sc(COc2ccc(C)cc2)nc1C. The van der Waals surface area contributed by atoms with Gasteiger partial charge in [-0.2, -0.15) is 0 Å². The minimum atomic E-state index is -0.0477. The van der Waals surface area contributed by atoms with E-state index in [0.29, 0.717) is 18.0 Å². The Hall–Kier alpha value is -1.88. The maximum Gasteiger partial charge on any atom is 0.263 e. The Morgan fingerprint density at radius 3 is 2.67 bits per heavy atom. The average Bonchev–Trinajstić information content (AvgIpc) is 2.85. The summed E-state index contributed by atoms with van der Waals surface area (Å²) in [7, 11) is 0. The first kappa shape index (κ1) is 15.5. The van der Waals surface area contributed by atoms with E-state index in [1.54, 1.807) is 0 Å². The van der Waals surface area contributed by atoms with Gasteiger partial charge >= 0.3 is 0 Å². The van der Waals surface area contributed by atoms with Gasteiger partial charge in [-0.1, -0.05) is 24.6 Å². The van der Waals surface area contributed by atoms with E-state index in [9.17, 15) is 4.79 Å². The van der Waals surface area contributed by atoms with E-state index in [-0.39, 0.29) is 5.91 Å². The van der Waals surface area contributed by atoms with E-state index in [4.69, 9.17) is 4.74 Å². The first-order valence-corrected chi connectivity index (χ1v) is 7.85. The molecule has 1 aromatic heterocycles. The van der Waals surface area contributed by atoms with Crippen molar-refractivity contribution >= 4 is 17.2 Å². The number of ether oxygens (including phenoxy) is 1. The summed E-state index contributed by atoms with van der Waals surface area (Å²) in [4.78, 5) is 17.0. The molecule has 1 N–H and O–H groups in total. The van der Waals surface area contributed by atoms with Gasteiger partial charge in [-0.25, -0.2) is 4.98 Å². The summed E-state index contributed by atoms with van der Waals surface area (Å²) >= 11 is 1.39. The highest BCUT2D eigenvalue weighted by Crippen LogP contribution is 2.20. The molecular formula is C16H20N2O2S. The van der Waals surface area contributed by atoms with Crippen LogP contribution in [-0.2, 0) is 6.61 Å². The summed E-state index contributed by atoms with van der Waals surface area (Å²) in [6.45, 7) is 6.99. The normalized spacial score (nSPS) is 10.4. The molecule has 0 radical (unpaired) electrons. The lowest BCUT2D eigenvalue weighted by atomic mass is 10.2. The maximum atomic E-state index is 12.0. The summed E-state index contributed by atoms with van der Waals surface area (Å²) in [6.07, 6.45) is 0.924. The fourth-order valence-electron chi connectivity index (χ4n) is 1.82. The third-order valence-electron chi connectivity index (χ3n) is 2.97. The van der Waals surface area contributed by atoms with Crippen molar-refractivity contribution in [1.29, 1.82) is 0 Å². The van der Waals surface area contributed by atoms with E-state index in [1.807, 2.05) is 45.0 Å². The van der Waals surface area contributed by atoms with E-state index in [0.717, 1.165) is 22.9 Å². The third-order valence-corrected chi connectivity index (χ3v) is 4.10. The summed E-state index contributed by atoms with van der Waals surface area (Å²) in [5.74, 6) is 0.763. The number of carbonyl (C=O) groups excluding carboxylic acids is 1. The number of nitrogens with zero attached hydrogens (tertiary/aromatic N) is 1. The highest BCUT2D eigenvalue weighted by molar-refractivity contribution is 7.13. The molecule has 0 atom stereocenters. The minimum Gasteiger partial charge on any atom is -0.486 e. The number of rotatable bonds is 6. The Kier molecular flexibility index (Phi) is 5.33. The Labute approximate surface area is 129 Å². The van der Waals surface area contributed by atoms with Crippen LogP contribution in [0.25, 0.3) is 0 Å². The highest BCUT2D eigenvalue weighted by Gasteiger charge is 2.14. The van der Waals surface area contributed by atoms with E-state index in [1.165, 1.54) is 16.9 Å². The van der Waals surface area contributed by atoms with Gasteiger partial charge in [-0.15, -0.1) is 11.3 Å². The smallest absolute Gasteiger partial charge is 0.263 e. The number of nitrogens with one attached hydrogen (secondary N) is 1. The topological polar surface area (TPSA) is 51.2 Å². The molecule has 0 aliphatic rings. The molecule has 0 spiro atoms. The Balaban J connectivity index is 1.98. The minimum absolute atomic E-state index is 0.0477. The van der Waals surface area contributed by atoms with Crippen LogP contribution in [0.4, 0.5) is 0 Å². The second-order valence-corrected chi connectivity index (χ2v) is 5.96. The van der Waals surface area contributed by atoms with Gasteiger partial charge in [0.15, 0.2) is 0 Å². The monoisotopic (exact) mass is 304 g/mol. The molecule has 2 aromatic rings. The van der Waals surface area contributed by atoms with Crippen molar-refractivity contribution in [1.82, 2.24) is 10.3 Å². The Morgan fingerprint density at radius 2 is 2.00 bits per heavy atom. The molecule has 5 heteroatoms. The van der Waals surface area contributed by atoms with Crippen LogP contribution in [0.5, 0.6) is 5.75 Å². The molecule has 1 heterocycles. The molecular weight excluding hydrogens is 284 g/mol. The quantitative estimate of drug-likeness (QED) is 0.889. The van der Waals surface area contributed by atoms with Crippen molar-refractivity contribution < 1.29 is 9.53 Å². The largest absolute Gasteiger partial charge is 0.486 e. The number of carbonyl (C=O) groups is 1. The van der Waals surface area contributed by atoms with Gasteiger partial charge in [0.25, 0.3) is 5.91 Å². The van der Waals surface area contributed by atoms with Crippen molar-refractivity contribution in [3.05, 3.63) is 45.4 Å². The molecule has 4 nitrogen and oxygen atoms in total. The van der Waals surface area contributed by atoms with Crippen molar-refractivity contribution in [2.75, 3.05) is 6.54 Å². The second kappa shape index (κ2) is 7.22. The molecule has 0 unspecified atom stereocenters. The van der Waals surface area contributed by atoms with E-state index in [2.05, 4.69) is 10.3 Å². The van der Waals surface area contributed by atoms with Crippen molar-refractivity contribution in [3.63, 3.8) is 0 Å². The fourth-order valence-corrected chi connectivity index (χ4v) is 2.72. The molecule has 1 aromatic carbocycles. The zero-order valence-electron chi connectivity index (χ0n) is 12.6. The van der Waals surface area contributed by atoms with Gasteiger partial charge in [-0.05, 0) is 32.4 Å². The summed E-state index contributed by atoms with van der Waals surface area (Å²) in [5.41, 5.74) is 1.96. The number of amides is 1. The summed E-state index contributed by atoms with van der Waals surface area (Å²) in [6, 6.07) is 7.88. The van der Waals surface area contributed by atoms with Crippen LogP contribution in [-0.4, -0.2) is 17.4 Å². The van der Waals surface area contributed by atoms with Crippen LogP contribution < -0.4 is 10.1 Å². The van der Waals surface area contributed by atoms with E-state index < -0.39 is 0 Å². The Morgan fingerprint density at radius 1 is 1.29 bits per heavy atom. The number of aryl methyl sites for hydroxylation is 2. The number of benzene rings is 1. The molecule has 0 aliphatic heterocycles. The van der Waals surface area contributed by atoms with Crippen LogP contribution in [0.15, 0.2) is 24.3 Å². The molecule has 0 bridgehead atoms. The summed E-state index contributed by atoms with van der Waals surface area (Å²) < 4.78 is 5.69. The van der Waals surface area contributed by atoms with Gasteiger partial charge in [0.1, 0.15) is 22.2 Å². The first-order chi connectivity index (χ1) is 10.1. The lowest BCUT2D eigenvalue weighted by Crippen LogP contribution is -2.23. The van der Waals surface area contributed by atoms with Gasteiger partial charge in [0.2, 0.25) is 0 Å². The van der Waals surface area contributed by atoms with Gasteiger partial charge in [0.05, 0.1) is 5.69 Å². The Bertz CT molecular complexity index is 605. The van der Waals surface area contributed by atoms with Gasteiger partial charge in [0, 0.05) is 6.54 Å². The lowest BCUT2D eigenvalue weighted by molar-refractivity contribution is 0.0957. The molecule has 1 amide bonds. The molecule has 112 valence electrons. The van der Waals surface area contributed by atoms with E-state index >= 15 is 0 Å². The number of hydrogen-bond acceptors (Lipinski definition) is 4. The first-order valence-electron chi connectivity index (χ1n) is 7.04.